The van der Waals surface area contributed by atoms with Crippen LogP contribution in [0, 0.1) is 17.6 Å². The van der Waals surface area contributed by atoms with E-state index < -0.39 is 17.5 Å². The summed E-state index contributed by atoms with van der Waals surface area (Å²) in [5, 5.41) is 5.72. The SMILES string of the molecule is O=C(C=NOC[C@H]1CCOC1)Nc1ccc(F)cc1F. The lowest BCUT2D eigenvalue weighted by Gasteiger charge is -2.05. The second kappa shape index (κ2) is 6.95. The first kappa shape index (κ1) is 14.4. The van der Waals surface area contributed by atoms with Crippen molar-refractivity contribution in [3.63, 3.8) is 0 Å². The summed E-state index contributed by atoms with van der Waals surface area (Å²) >= 11 is 0. The van der Waals surface area contributed by atoms with Gasteiger partial charge in [-0.3, -0.25) is 4.79 Å². The van der Waals surface area contributed by atoms with Gasteiger partial charge < -0.3 is 14.9 Å². The third-order valence-corrected chi connectivity index (χ3v) is 2.77. The molecule has 1 amide bonds. The Morgan fingerprint density at radius 2 is 2.40 bits per heavy atom. The number of nitrogens with one attached hydrogen (secondary N) is 1. The molecule has 0 bridgehead atoms. The average molecular weight is 284 g/mol. The van der Waals surface area contributed by atoms with Crippen LogP contribution in [0.25, 0.3) is 0 Å². The van der Waals surface area contributed by atoms with Crippen LogP contribution in [-0.2, 0) is 14.4 Å². The zero-order valence-electron chi connectivity index (χ0n) is 10.6. The van der Waals surface area contributed by atoms with Gasteiger partial charge in [0.1, 0.15) is 24.5 Å². The van der Waals surface area contributed by atoms with Gasteiger partial charge in [0.15, 0.2) is 0 Å². The average Bonchev–Trinajstić information content (AvgIpc) is 2.91. The molecular formula is C13H14F2N2O3. The molecule has 108 valence electrons. The molecule has 1 saturated heterocycles. The Hall–Kier alpha value is -2.02. The predicted octanol–water partition coefficient (Wildman–Crippen LogP) is 1.94. The normalized spacial score (nSPS) is 18.4. The molecule has 2 rings (SSSR count). The Morgan fingerprint density at radius 1 is 1.55 bits per heavy atom. The third kappa shape index (κ3) is 4.27. The standard InChI is InChI=1S/C13H14F2N2O3/c14-10-1-2-12(11(15)5-10)17-13(18)6-16-20-8-9-3-4-19-7-9/h1-2,5-6,9H,3-4,7-8H2,(H,17,18)/t9-/m0/s1. The van der Waals surface area contributed by atoms with Crippen molar-refractivity contribution in [3.05, 3.63) is 29.8 Å². The smallest absolute Gasteiger partial charge is 0.270 e. The molecule has 1 aromatic rings. The highest BCUT2D eigenvalue weighted by Crippen LogP contribution is 2.14. The van der Waals surface area contributed by atoms with Crippen LogP contribution in [0.1, 0.15) is 6.42 Å². The number of benzene rings is 1. The van der Waals surface area contributed by atoms with E-state index in [2.05, 4.69) is 10.5 Å². The molecule has 1 fully saturated rings. The lowest BCUT2D eigenvalue weighted by Crippen LogP contribution is -2.14. The Balaban J connectivity index is 1.76. The minimum atomic E-state index is -0.851. The highest BCUT2D eigenvalue weighted by Gasteiger charge is 2.15. The molecule has 1 heterocycles. The fourth-order valence-electron chi connectivity index (χ4n) is 1.70. The van der Waals surface area contributed by atoms with Gasteiger partial charge >= 0.3 is 0 Å². The molecule has 1 N–H and O–H groups in total. The first-order valence-electron chi connectivity index (χ1n) is 6.14. The molecule has 0 aliphatic carbocycles. The van der Waals surface area contributed by atoms with E-state index in [0.717, 1.165) is 24.8 Å². The first-order chi connectivity index (χ1) is 9.65. The Labute approximate surface area is 114 Å². The number of amides is 1. The second-order valence-electron chi connectivity index (χ2n) is 4.37. The number of hydrogen-bond acceptors (Lipinski definition) is 4. The minimum absolute atomic E-state index is 0.118. The summed E-state index contributed by atoms with van der Waals surface area (Å²) in [4.78, 5) is 16.4. The van der Waals surface area contributed by atoms with E-state index in [0.29, 0.717) is 25.9 Å². The number of anilines is 1. The zero-order chi connectivity index (χ0) is 14.4. The van der Waals surface area contributed by atoms with Gasteiger partial charge in [-0.15, -0.1) is 0 Å². The van der Waals surface area contributed by atoms with Gasteiger partial charge in [0, 0.05) is 18.6 Å². The fourth-order valence-corrected chi connectivity index (χ4v) is 1.70. The lowest BCUT2D eigenvalue weighted by atomic mass is 10.1. The molecular weight excluding hydrogens is 270 g/mol. The molecule has 0 unspecified atom stereocenters. The van der Waals surface area contributed by atoms with Gasteiger partial charge in [0.05, 0.1) is 12.3 Å². The summed E-state index contributed by atoms with van der Waals surface area (Å²) < 4.78 is 31.1. The largest absolute Gasteiger partial charge is 0.395 e. The quantitative estimate of drug-likeness (QED) is 0.664. The number of carbonyl (C=O) groups excluding carboxylic acids is 1. The van der Waals surface area contributed by atoms with Gasteiger partial charge in [-0.1, -0.05) is 5.16 Å². The molecule has 1 aromatic carbocycles. The number of carbonyl (C=O) groups is 1. The van der Waals surface area contributed by atoms with E-state index in [1.54, 1.807) is 0 Å². The number of halogens is 2. The predicted molar refractivity (Wildman–Crippen MR) is 68.4 cm³/mol. The van der Waals surface area contributed by atoms with E-state index in [1.165, 1.54) is 0 Å². The van der Waals surface area contributed by atoms with Crippen LogP contribution in [0.4, 0.5) is 14.5 Å². The molecule has 0 spiro atoms. The maximum Gasteiger partial charge on any atom is 0.270 e. The van der Waals surface area contributed by atoms with Crippen LogP contribution in [-0.4, -0.2) is 31.9 Å². The van der Waals surface area contributed by atoms with Gasteiger partial charge in [0.2, 0.25) is 0 Å². The van der Waals surface area contributed by atoms with Crippen molar-refractivity contribution in [2.75, 3.05) is 25.1 Å². The highest BCUT2D eigenvalue weighted by molar-refractivity contribution is 6.31. The molecule has 0 saturated carbocycles. The van der Waals surface area contributed by atoms with Crippen molar-refractivity contribution < 1.29 is 23.1 Å². The minimum Gasteiger partial charge on any atom is -0.395 e. The maximum absolute atomic E-state index is 13.3. The van der Waals surface area contributed by atoms with Crippen molar-refractivity contribution in [1.82, 2.24) is 0 Å². The number of ether oxygens (including phenoxy) is 1. The highest BCUT2D eigenvalue weighted by atomic mass is 19.1. The van der Waals surface area contributed by atoms with Gasteiger partial charge in [0.25, 0.3) is 5.91 Å². The van der Waals surface area contributed by atoms with Crippen LogP contribution in [0.2, 0.25) is 0 Å². The van der Waals surface area contributed by atoms with E-state index in [4.69, 9.17) is 9.57 Å². The van der Waals surface area contributed by atoms with Crippen LogP contribution < -0.4 is 5.32 Å². The Kier molecular flexibility index (Phi) is 5.00. The zero-order valence-corrected chi connectivity index (χ0v) is 10.6. The van der Waals surface area contributed by atoms with Crippen molar-refractivity contribution in [1.29, 1.82) is 0 Å². The van der Waals surface area contributed by atoms with E-state index in [9.17, 15) is 13.6 Å². The summed E-state index contributed by atoms with van der Waals surface area (Å²) in [6.45, 7) is 1.71. The van der Waals surface area contributed by atoms with Crippen LogP contribution in [0.15, 0.2) is 23.4 Å². The van der Waals surface area contributed by atoms with Crippen molar-refractivity contribution in [2.45, 2.75) is 6.42 Å². The molecule has 0 aromatic heterocycles. The van der Waals surface area contributed by atoms with Crippen LogP contribution in [0.3, 0.4) is 0 Å². The third-order valence-electron chi connectivity index (χ3n) is 2.77. The van der Waals surface area contributed by atoms with Gasteiger partial charge in [-0.25, -0.2) is 8.78 Å². The van der Waals surface area contributed by atoms with Crippen molar-refractivity contribution in [2.24, 2.45) is 11.1 Å². The number of nitrogens with zero attached hydrogens (tertiary/aromatic N) is 1. The maximum atomic E-state index is 13.3. The number of hydrogen-bond donors (Lipinski definition) is 1. The monoisotopic (exact) mass is 284 g/mol. The first-order valence-corrected chi connectivity index (χ1v) is 6.14. The van der Waals surface area contributed by atoms with E-state index in [1.807, 2.05) is 0 Å². The second-order valence-corrected chi connectivity index (χ2v) is 4.37. The van der Waals surface area contributed by atoms with Crippen molar-refractivity contribution >= 4 is 17.8 Å². The van der Waals surface area contributed by atoms with Crippen LogP contribution >= 0.6 is 0 Å². The lowest BCUT2D eigenvalue weighted by molar-refractivity contribution is -0.110. The van der Waals surface area contributed by atoms with Gasteiger partial charge in [-0.2, -0.15) is 0 Å². The molecule has 5 nitrogen and oxygen atoms in total. The summed E-state index contributed by atoms with van der Waals surface area (Å²) in [7, 11) is 0. The molecule has 0 radical (unpaired) electrons. The Morgan fingerprint density at radius 3 is 3.10 bits per heavy atom. The summed E-state index contributed by atoms with van der Waals surface area (Å²) in [6, 6.07) is 2.86. The number of rotatable bonds is 5. The fraction of sp³-hybridized carbons (Fsp3) is 0.385. The molecule has 1 atom stereocenters. The van der Waals surface area contributed by atoms with Crippen molar-refractivity contribution in [3.8, 4) is 0 Å². The number of oxime groups is 1. The molecule has 1 aliphatic heterocycles. The molecule has 7 heteroatoms. The molecule has 20 heavy (non-hydrogen) atoms. The van der Waals surface area contributed by atoms with E-state index >= 15 is 0 Å². The van der Waals surface area contributed by atoms with Crippen LogP contribution in [0.5, 0.6) is 0 Å². The molecule has 1 aliphatic rings. The summed E-state index contributed by atoms with van der Waals surface area (Å²) in [5.74, 6) is -1.94. The summed E-state index contributed by atoms with van der Waals surface area (Å²) in [6.07, 6.45) is 1.81. The van der Waals surface area contributed by atoms with E-state index in [-0.39, 0.29) is 11.6 Å². The summed E-state index contributed by atoms with van der Waals surface area (Å²) in [5.41, 5.74) is -0.118. The topological polar surface area (TPSA) is 59.9 Å². The Bertz CT molecular complexity index is 502. The van der Waals surface area contributed by atoms with Gasteiger partial charge in [-0.05, 0) is 18.6 Å².